The highest BCUT2D eigenvalue weighted by molar-refractivity contribution is 7.10. The van der Waals surface area contributed by atoms with Gasteiger partial charge < -0.3 is 0 Å². The number of hydrogen-bond acceptors (Lipinski definition) is 3. The summed E-state index contributed by atoms with van der Waals surface area (Å²) in [5, 5.41) is 2.37. The van der Waals surface area contributed by atoms with Gasteiger partial charge in [0.05, 0.1) is 10.7 Å². The third-order valence-corrected chi connectivity index (χ3v) is 3.81. The van der Waals surface area contributed by atoms with E-state index in [1.165, 1.54) is 11.3 Å². The van der Waals surface area contributed by atoms with Crippen molar-refractivity contribution >= 4 is 11.3 Å². The Hall–Kier alpha value is -2.21. The van der Waals surface area contributed by atoms with E-state index in [1.807, 2.05) is 5.38 Å². The summed E-state index contributed by atoms with van der Waals surface area (Å²) in [6, 6.07) is 4.96. The highest BCUT2D eigenvalue weighted by Gasteiger charge is 2.14. The molecule has 21 heavy (non-hydrogen) atoms. The monoisotopic (exact) mass is 306 g/mol. The lowest BCUT2D eigenvalue weighted by atomic mass is 10.1. The van der Waals surface area contributed by atoms with Crippen LogP contribution in [0.4, 0.5) is 13.2 Å². The first-order valence-corrected chi connectivity index (χ1v) is 6.99. The molecule has 0 amide bonds. The van der Waals surface area contributed by atoms with Crippen molar-refractivity contribution in [1.29, 1.82) is 0 Å². The summed E-state index contributed by atoms with van der Waals surface area (Å²) in [5.74, 6) is -2.72. The van der Waals surface area contributed by atoms with Crippen LogP contribution in [-0.4, -0.2) is 9.97 Å². The zero-order valence-electron chi connectivity index (χ0n) is 10.7. The third-order valence-electron chi connectivity index (χ3n) is 2.96. The molecule has 0 radical (unpaired) electrons. The molecule has 0 aliphatic heterocycles. The number of nitrogens with zero attached hydrogens (tertiary/aromatic N) is 2. The average molecular weight is 306 g/mol. The van der Waals surface area contributed by atoms with Crippen LogP contribution in [0.15, 0.2) is 42.0 Å². The molecule has 2 aromatic heterocycles. The van der Waals surface area contributed by atoms with Crippen LogP contribution < -0.4 is 0 Å². The van der Waals surface area contributed by atoms with Crippen LogP contribution in [0.25, 0.3) is 11.3 Å². The highest BCUT2D eigenvalue weighted by Crippen LogP contribution is 2.25. The second kappa shape index (κ2) is 5.65. The third kappa shape index (κ3) is 2.95. The van der Waals surface area contributed by atoms with Crippen LogP contribution in [0.1, 0.15) is 10.6 Å². The van der Waals surface area contributed by atoms with E-state index in [0.717, 1.165) is 11.3 Å². The summed E-state index contributed by atoms with van der Waals surface area (Å²) in [6.07, 6.45) is 3.29. The van der Waals surface area contributed by atoms with E-state index in [-0.39, 0.29) is 12.0 Å². The summed E-state index contributed by atoms with van der Waals surface area (Å²) >= 11 is 1.30. The minimum atomic E-state index is -0.926. The predicted molar refractivity (Wildman–Crippen MR) is 74.5 cm³/mol. The van der Waals surface area contributed by atoms with Gasteiger partial charge >= 0.3 is 0 Å². The number of rotatable bonds is 3. The number of halogens is 3. The van der Waals surface area contributed by atoms with E-state index < -0.39 is 17.5 Å². The van der Waals surface area contributed by atoms with E-state index in [0.29, 0.717) is 17.1 Å². The fourth-order valence-electron chi connectivity index (χ4n) is 1.94. The molecule has 0 aliphatic rings. The summed E-state index contributed by atoms with van der Waals surface area (Å²) < 4.78 is 40.1. The zero-order chi connectivity index (χ0) is 14.8. The molecule has 0 saturated carbocycles. The number of benzene rings is 1. The molecular formula is C15H9F3N2S. The Morgan fingerprint density at radius 1 is 1.00 bits per heavy atom. The van der Waals surface area contributed by atoms with Gasteiger partial charge in [-0.2, -0.15) is 0 Å². The molecule has 6 heteroatoms. The van der Waals surface area contributed by atoms with E-state index in [4.69, 9.17) is 0 Å². The molecule has 0 unspecified atom stereocenters. The minimum Gasteiger partial charge on any atom is -0.265 e. The van der Waals surface area contributed by atoms with Crippen molar-refractivity contribution in [3.8, 4) is 11.3 Å². The van der Waals surface area contributed by atoms with Gasteiger partial charge in [0.1, 0.15) is 17.5 Å². The average Bonchev–Trinajstić information content (AvgIpc) is 2.92. The topological polar surface area (TPSA) is 25.8 Å². The number of aromatic nitrogens is 2. The Kier molecular flexibility index (Phi) is 3.70. The summed E-state index contributed by atoms with van der Waals surface area (Å²) in [7, 11) is 0. The maximum atomic E-state index is 13.6. The van der Waals surface area contributed by atoms with Gasteiger partial charge in [0.2, 0.25) is 0 Å². The van der Waals surface area contributed by atoms with Crippen LogP contribution in [0.5, 0.6) is 0 Å². The zero-order valence-corrected chi connectivity index (χ0v) is 11.5. The molecule has 0 N–H and O–H groups in total. The van der Waals surface area contributed by atoms with E-state index in [2.05, 4.69) is 9.97 Å². The second-order valence-corrected chi connectivity index (χ2v) is 5.33. The summed E-state index contributed by atoms with van der Waals surface area (Å²) in [4.78, 5) is 8.26. The van der Waals surface area contributed by atoms with E-state index in [9.17, 15) is 13.2 Å². The van der Waals surface area contributed by atoms with Crippen LogP contribution in [0, 0.1) is 17.5 Å². The first-order valence-electron chi connectivity index (χ1n) is 6.11. The normalized spacial score (nSPS) is 10.8. The molecule has 3 rings (SSSR count). The smallest absolute Gasteiger partial charge is 0.132 e. The molecule has 0 atom stereocenters. The Labute approximate surface area is 122 Å². The van der Waals surface area contributed by atoms with Crippen molar-refractivity contribution in [2.75, 3.05) is 0 Å². The predicted octanol–water partition coefficient (Wildman–Crippen LogP) is 4.21. The second-order valence-electron chi connectivity index (χ2n) is 4.39. The lowest BCUT2D eigenvalue weighted by Gasteiger charge is -2.03. The van der Waals surface area contributed by atoms with Gasteiger partial charge in [-0.05, 0) is 12.1 Å². The quantitative estimate of drug-likeness (QED) is 0.724. The molecule has 2 nitrogen and oxygen atoms in total. The minimum absolute atomic E-state index is 0.00625. The van der Waals surface area contributed by atoms with Crippen molar-refractivity contribution in [2.45, 2.75) is 6.42 Å². The summed E-state index contributed by atoms with van der Waals surface area (Å²) in [6.45, 7) is 0. The van der Waals surface area contributed by atoms with Gasteiger partial charge in [-0.15, -0.1) is 11.3 Å². The number of thiazole rings is 1. The van der Waals surface area contributed by atoms with Crippen molar-refractivity contribution < 1.29 is 13.2 Å². The van der Waals surface area contributed by atoms with Gasteiger partial charge in [0.15, 0.2) is 0 Å². The molecule has 1 aromatic carbocycles. The first kappa shape index (κ1) is 13.8. The van der Waals surface area contributed by atoms with Gasteiger partial charge in [-0.1, -0.05) is 0 Å². The molecule has 0 saturated heterocycles. The van der Waals surface area contributed by atoms with Crippen molar-refractivity contribution in [3.63, 3.8) is 0 Å². The van der Waals surface area contributed by atoms with Gasteiger partial charge in [0, 0.05) is 47.5 Å². The molecular weight excluding hydrogens is 297 g/mol. The van der Waals surface area contributed by atoms with E-state index in [1.54, 1.807) is 24.5 Å². The first-order chi connectivity index (χ1) is 10.1. The lowest BCUT2D eigenvalue weighted by Crippen LogP contribution is -1.98. The Bertz CT molecular complexity index is 749. The fraction of sp³-hybridized carbons (Fsp3) is 0.0667. The Balaban J connectivity index is 1.89. The molecule has 0 spiro atoms. The maximum absolute atomic E-state index is 13.6. The lowest BCUT2D eigenvalue weighted by molar-refractivity contribution is 0.527. The maximum Gasteiger partial charge on any atom is 0.132 e. The Morgan fingerprint density at radius 2 is 1.67 bits per heavy atom. The largest absolute Gasteiger partial charge is 0.265 e. The molecule has 0 bridgehead atoms. The molecule has 106 valence electrons. The van der Waals surface area contributed by atoms with Gasteiger partial charge in [0.25, 0.3) is 0 Å². The SMILES string of the molecule is Fc1cc(F)c(Cc2nc(-c3ccncc3)cs2)c(F)c1. The molecule has 0 fully saturated rings. The highest BCUT2D eigenvalue weighted by atomic mass is 32.1. The standard InChI is InChI=1S/C15H9F3N2S/c16-10-5-12(17)11(13(18)6-10)7-15-20-14(8-21-15)9-1-3-19-4-2-9/h1-6,8H,7H2. The van der Waals surface area contributed by atoms with Gasteiger partial charge in [-0.3, -0.25) is 4.98 Å². The molecule has 0 aliphatic carbocycles. The fourth-order valence-corrected chi connectivity index (χ4v) is 2.75. The number of pyridine rings is 1. The molecule has 3 aromatic rings. The Morgan fingerprint density at radius 3 is 2.33 bits per heavy atom. The molecule has 2 heterocycles. The van der Waals surface area contributed by atoms with Crippen LogP contribution in [0.2, 0.25) is 0 Å². The summed E-state index contributed by atoms with van der Waals surface area (Å²) in [5.41, 5.74) is 1.43. The van der Waals surface area contributed by atoms with Crippen LogP contribution in [-0.2, 0) is 6.42 Å². The van der Waals surface area contributed by atoms with Gasteiger partial charge in [-0.25, -0.2) is 18.2 Å². The van der Waals surface area contributed by atoms with Crippen LogP contribution >= 0.6 is 11.3 Å². The van der Waals surface area contributed by atoms with Crippen LogP contribution in [0.3, 0.4) is 0 Å². The van der Waals surface area contributed by atoms with Crippen molar-refractivity contribution in [1.82, 2.24) is 9.97 Å². The van der Waals surface area contributed by atoms with Crippen molar-refractivity contribution in [3.05, 3.63) is 70.1 Å². The van der Waals surface area contributed by atoms with Crippen molar-refractivity contribution in [2.24, 2.45) is 0 Å². The van der Waals surface area contributed by atoms with E-state index >= 15 is 0 Å². The number of hydrogen-bond donors (Lipinski definition) is 0.